The lowest BCUT2D eigenvalue weighted by Crippen LogP contribution is -2.47. The zero-order chi connectivity index (χ0) is 17.4. The average Bonchev–Trinajstić information content (AvgIpc) is 3.03. The summed E-state index contributed by atoms with van der Waals surface area (Å²) in [5.41, 5.74) is 0.541. The first-order valence-electron chi connectivity index (χ1n) is 7.47. The molecule has 1 N–H and O–H groups in total. The van der Waals surface area contributed by atoms with Crippen LogP contribution in [0, 0.1) is 5.82 Å². The number of thiazole rings is 1. The molecule has 1 fully saturated rings. The molecule has 0 saturated carbocycles. The summed E-state index contributed by atoms with van der Waals surface area (Å²) >= 11 is 1.34. The van der Waals surface area contributed by atoms with Gasteiger partial charge in [0.25, 0.3) is 0 Å². The predicted octanol–water partition coefficient (Wildman–Crippen LogP) is 2.19. The smallest absolute Gasteiger partial charge is 0.226 e. The summed E-state index contributed by atoms with van der Waals surface area (Å²) in [6, 6.07) is 6.13. The van der Waals surface area contributed by atoms with Crippen molar-refractivity contribution in [2.45, 2.75) is 25.3 Å². The van der Waals surface area contributed by atoms with Gasteiger partial charge in [0, 0.05) is 10.9 Å². The number of amides is 1. The number of aromatic nitrogens is 1. The zero-order valence-electron chi connectivity index (χ0n) is 13.1. The average molecular weight is 368 g/mol. The molecule has 128 valence electrons. The fraction of sp³-hybridized carbons (Fsp3) is 0.375. The summed E-state index contributed by atoms with van der Waals surface area (Å²) in [6.45, 7) is 1.74. The molecule has 2 aromatic rings. The Morgan fingerprint density at radius 1 is 1.46 bits per heavy atom. The normalized spacial score (nSPS) is 22.4. The minimum atomic E-state index is -3.07. The van der Waals surface area contributed by atoms with E-state index in [1.807, 2.05) is 0 Å². The molecular formula is C16H17FN2O3S2. The standard InChI is InChI=1S/C16H17FN2O3S2/c1-16(5-6-24(21,22)10-16)19-14(20)8-13-9-23-15(18-13)11-3-2-4-12(17)7-11/h2-4,7,9H,5-6,8,10H2,1H3,(H,19,20)/t16-/m0/s1. The molecule has 1 amide bonds. The van der Waals surface area contributed by atoms with Gasteiger partial charge in [0.15, 0.2) is 9.84 Å². The van der Waals surface area contributed by atoms with Crippen LogP contribution in [0.25, 0.3) is 10.6 Å². The van der Waals surface area contributed by atoms with E-state index in [1.54, 1.807) is 24.4 Å². The highest BCUT2D eigenvalue weighted by atomic mass is 32.2. The molecule has 5 nitrogen and oxygen atoms in total. The second-order valence-corrected chi connectivity index (χ2v) is 9.32. The largest absolute Gasteiger partial charge is 0.350 e. The van der Waals surface area contributed by atoms with Crippen LogP contribution in [0.1, 0.15) is 19.0 Å². The Labute approximate surface area is 143 Å². The molecule has 0 spiro atoms. The van der Waals surface area contributed by atoms with Gasteiger partial charge in [0.2, 0.25) is 5.91 Å². The van der Waals surface area contributed by atoms with Crippen molar-refractivity contribution in [1.82, 2.24) is 10.3 Å². The van der Waals surface area contributed by atoms with Crippen molar-refractivity contribution in [3.63, 3.8) is 0 Å². The number of hydrogen-bond acceptors (Lipinski definition) is 5. The zero-order valence-corrected chi connectivity index (χ0v) is 14.7. The Morgan fingerprint density at radius 2 is 2.25 bits per heavy atom. The van der Waals surface area contributed by atoms with Crippen molar-refractivity contribution in [2.75, 3.05) is 11.5 Å². The van der Waals surface area contributed by atoms with Gasteiger partial charge in [-0.2, -0.15) is 0 Å². The van der Waals surface area contributed by atoms with E-state index in [9.17, 15) is 17.6 Å². The predicted molar refractivity (Wildman–Crippen MR) is 91.0 cm³/mol. The van der Waals surface area contributed by atoms with E-state index < -0.39 is 15.4 Å². The first-order chi connectivity index (χ1) is 11.2. The van der Waals surface area contributed by atoms with Crippen molar-refractivity contribution in [2.24, 2.45) is 0 Å². The molecule has 3 rings (SSSR count). The number of rotatable bonds is 4. The third-order valence-corrected chi connectivity index (χ3v) is 6.75. The van der Waals surface area contributed by atoms with Gasteiger partial charge < -0.3 is 5.32 Å². The van der Waals surface area contributed by atoms with Crippen molar-refractivity contribution >= 4 is 27.1 Å². The van der Waals surface area contributed by atoms with Crippen molar-refractivity contribution in [1.29, 1.82) is 0 Å². The molecule has 24 heavy (non-hydrogen) atoms. The number of nitrogens with zero attached hydrogens (tertiary/aromatic N) is 1. The van der Waals surface area contributed by atoms with Crippen LogP contribution in [0.4, 0.5) is 4.39 Å². The number of carbonyl (C=O) groups is 1. The Bertz CT molecular complexity index is 879. The molecule has 8 heteroatoms. The highest BCUT2D eigenvalue weighted by molar-refractivity contribution is 7.91. The summed E-state index contributed by atoms with van der Waals surface area (Å²) in [5.74, 6) is -0.523. The van der Waals surface area contributed by atoms with E-state index in [0.717, 1.165) is 0 Å². The lowest BCUT2D eigenvalue weighted by Gasteiger charge is -2.23. The molecule has 1 aliphatic rings. The molecule has 0 unspecified atom stereocenters. The van der Waals surface area contributed by atoms with E-state index in [2.05, 4.69) is 10.3 Å². The van der Waals surface area contributed by atoms with Crippen LogP contribution in [-0.4, -0.2) is 36.4 Å². The van der Waals surface area contributed by atoms with Gasteiger partial charge in [-0.15, -0.1) is 11.3 Å². The SMILES string of the molecule is C[C@]1(NC(=O)Cc2csc(-c3cccc(F)c3)n2)CCS(=O)(=O)C1. The fourth-order valence-electron chi connectivity index (χ4n) is 2.80. The second kappa shape index (κ2) is 6.25. The van der Waals surface area contributed by atoms with Crippen LogP contribution < -0.4 is 5.32 Å². The molecule has 0 aliphatic carbocycles. The summed E-state index contributed by atoms with van der Waals surface area (Å²) < 4.78 is 36.4. The maximum atomic E-state index is 13.3. The Balaban J connectivity index is 1.66. The third kappa shape index (κ3) is 3.99. The molecule has 1 aromatic carbocycles. The molecule has 0 radical (unpaired) electrons. The fourth-order valence-corrected chi connectivity index (χ4v) is 5.71. The minimum absolute atomic E-state index is 0.0304. The lowest BCUT2D eigenvalue weighted by atomic mass is 10.0. The van der Waals surface area contributed by atoms with Gasteiger partial charge in [-0.25, -0.2) is 17.8 Å². The summed E-state index contributed by atoms with van der Waals surface area (Å²) in [6.07, 6.45) is 0.494. The Hall–Kier alpha value is -1.80. The molecule has 1 aliphatic heterocycles. The monoisotopic (exact) mass is 368 g/mol. The summed E-state index contributed by atoms with van der Waals surface area (Å²) in [5, 5.41) is 5.21. The quantitative estimate of drug-likeness (QED) is 0.897. The van der Waals surface area contributed by atoms with Crippen LogP contribution in [0.2, 0.25) is 0 Å². The number of carbonyl (C=O) groups excluding carboxylic acids is 1. The first kappa shape index (κ1) is 17.0. The van der Waals surface area contributed by atoms with E-state index >= 15 is 0 Å². The van der Waals surface area contributed by atoms with Gasteiger partial charge in [-0.1, -0.05) is 12.1 Å². The second-order valence-electron chi connectivity index (χ2n) is 6.28. The molecule has 1 saturated heterocycles. The van der Waals surface area contributed by atoms with Crippen molar-refractivity contribution in [3.05, 3.63) is 41.2 Å². The maximum Gasteiger partial charge on any atom is 0.226 e. The number of benzene rings is 1. The maximum absolute atomic E-state index is 13.3. The first-order valence-corrected chi connectivity index (χ1v) is 10.2. The van der Waals surface area contributed by atoms with Gasteiger partial charge in [0.1, 0.15) is 10.8 Å². The molecular weight excluding hydrogens is 351 g/mol. The Morgan fingerprint density at radius 3 is 2.92 bits per heavy atom. The molecule has 0 bridgehead atoms. The van der Waals surface area contributed by atoms with Gasteiger partial charge >= 0.3 is 0 Å². The van der Waals surface area contributed by atoms with Crippen molar-refractivity contribution < 1.29 is 17.6 Å². The van der Waals surface area contributed by atoms with E-state index in [-0.39, 0.29) is 29.7 Å². The topological polar surface area (TPSA) is 76.1 Å². The number of sulfone groups is 1. The van der Waals surface area contributed by atoms with Crippen LogP contribution in [0.15, 0.2) is 29.6 Å². The van der Waals surface area contributed by atoms with Crippen molar-refractivity contribution in [3.8, 4) is 10.6 Å². The third-order valence-electron chi connectivity index (χ3n) is 3.91. The lowest BCUT2D eigenvalue weighted by molar-refractivity contribution is -0.121. The Kier molecular flexibility index (Phi) is 4.44. The highest BCUT2D eigenvalue weighted by Crippen LogP contribution is 2.25. The van der Waals surface area contributed by atoms with Crippen LogP contribution in [-0.2, 0) is 21.1 Å². The number of hydrogen-bond donors (Lipinski definition) is 1. The summed E-state index contributed by atoms with van der Waals surface area (Å²) in [7, 11) is -3.07. The van der Waals surface area contributed by atoms with Crippen LogP contribution in [0.5, 0.6) is 0 Å². The molecule has 1 aromatic heterocycles. The van der Waals surface area contributed by atoms with Gasteiger partial charge in [-0.05, 0) is 25.5 Å². The van der Waals surface area contributed by atoms with Crippen LogP contribution >= 0.6 is 11.3 Å². The molecule has 2 heterocycles. The van der Waals surface area contributed by atoms with E-state index in [1.165, 1.54) is 23.5 Å². The minimum Gasteiger partial charge on any atom is -0.350 e. The van der Waals surface area contributed by atoms with Gasteiger partial charge in [-0.3, -0.25) is 4.79 Å². The van der Waals surface area contributed by atoms with Crippen LogP contribution in [0.3, 0.4) is 0 Å². The highest BCUT2D eigenvalue weighted by Gasteiger charge is 2.39. The van der Waals surface area contributed by atoms with Gasteiger partial charge in [0.05, 0.1) is 29.2 Å². The summed E-state index contributed by atoms with van der Waals surface area (Å²) in [4.78, 5) is 16.5. The number of halogens is 1. The van der Waals surface area contributed by atoms with E-state index in [0.29, 0.717) is 22.7 Å². The molecule has 1 atom stereocenters. The number of nitrogens with one attached hydrogen (secondary N) is 1. The van der Waals surface area contributed by atoms with E-state index in [4.69, 9.17) is 0 Å².